The van der Waals surface area contributed by atoms with Gasteiger partial charge in [0.2, 0.25) is 5.91 Å². The highest BCUT2D eigenvalue weighted by Gasteiger charge is 2.49. The average Bonchev–Trinajstić information content (AvgIpc) is 3.34. The summed E-state index contributed by atoms with van der Waals surface area (Å²) in [7, 11) is 2.23. The van der Waals surface area contributed by atoms with Crippen LogP contribution in [0.4, 0.5) is 0 Å². The highest BCUT2D eigenvalue weighted by atomic mass is 16.1. The molecule has 3 atom stereocenters. The van der Waals surface area contributed by atoms with Crippen LogP contribution >= 0.6 is 0 Å². The molecule has 3 aliphatic carbocycles. The van der Waals surface area contributed by atoms with E-state index in [0.717, 1.165) is 38.1 Å². The Kier molecular flexibility index (Phi) is 4.28. The van der Waals surface area contributed by atoms with Crippen molar-refractivity contribution in [2.24, 2.45) is 17.6 Å². The third kappa shape index (κ3) is 3.26. The van der Waals surface area contributed by atoms with E-state index in [2.05, 4.69) is 24.2 Å². The zero-order valence-corrected chi connectivity index (χ0v) is 13.6. The van der Waals surface area contributed by atoms with E-state index in [1.165, 1.54) is 25.7 Å². The minimum atomic E-state index is -0.412. The summed E-state index contributed by atoms with van der Waals surface area (Å²) in [4.78, 5) is 14.6. The molecule has 0 aromatic heterocycles. The van der Waals surface area contributed by atoms with Crippen molar-refractivity contribution in [2.75, 3.05) is 13.6 Å². The lowest BCUT2D eigenvalue weighted by Crippen LogP contribution is -2.59. The van der Waals surface area contributed by atoms with Crippen LogP contribution in [0.2, 0.25) is 0 Å². The summed E-state index contributed by atoms with van der Waals surface area (Å²) in [5, 5.41) is 3.61. The molecule has 0 bridgehead atoms. The van der Waals surface area contributed by atoms with Gasteiger partial charge < -0.3 is 16.0 Å². The molecule has 0 heterocycles. The number of nitrogens with one attached hydrogen (secondary N) is 1. The Labute approximate surface area is 128 Å². The molecule has 3 N–H and O–H groups in total. The zero-order chi connectivity index (χ0) is 15.0. The van der Waals surface area contributed by atoms with E-state index >= 15 is 0 Å². The van der Waals surface area contributed by atoms with E-state index in [4.69, 9.17) is 5.73 Å². The maximum atomic E-state index is 12.1. The zero-order valence-electron chi connectivity index (χ0n) is 13.6. The van der Waals surface area contributed by atoms with Crippen LogP contribution in [0.1, 0.15) is 58.3 Å². The second-order valence-corrected chi connectivity index (χ2v) is 7.69. The smallest absolute Gasteiger partial charge is 0.238 e. The maximum Gasteiger partial charge on any atom is 0.238 e. The number of rotatable bonds is 8. The molecular formula is C17H31N3O. The molecule has 21 heavy (non-hydrogen) atoms. The summed E-state index contributed by atoms with van der Waals surface area (Å²) >= 11 is 0. The van der Waals surface area contributed by atoms with Gasteiger partial charge in [-0.25, -0.2) is 0 Å². The van der Waals surface area contributed by atoms with Crippen molar-refractivity contribution in [1.29, 1.82) is 0 Å². The molecular weight excluding hydrogens is 262 g/mol. The first-order valence-electron chi connectivity index (χ1n) is 8.81. The Hall–Kier alpha value is -0.610. The molecule has 3 rings (SSSR count). The van der Waals surface area contributed by atoms with Gasteiger partial charge in [0.05, 0.1) is 0 Å². The van der Waals surface area contributed by atoms with Gasteiger partial charge in [-0.15, -0.1) is 0 Å². The topological polar surface area (TPSA) is 58.4 Å². The third-order valence-electron chi connectivity index (χ3n) is 6.13. The fraction of sp³-hybridized carbons (Fsp3) is 0.941. The van der Waals surface area contributed by atoms with Crippen LogP contribution < -0.4 is 11.1 Å². The average molecular weight is 293 g/mol. The highest BCUT2D eigenvalue weighted by molar-refractivity contribution is 5.85. The molecule has 120 valence electrons. The first-order valence-corrected chi connectivity index (χ1v) is 8.81. The molecule has 3 fully saturated rings. The molecule has 3 saturated carbocycles. The van der Waals surface area contributed by atoms with Crippen LogP contribution in [0, 0.1) is 11.8 Å². The summed E-state index contributed by atoms with van der Waals surface area (Å²) in [5.41, 5.74) is 5.40. The number of hydrogen-bond acceptors (Lipinski definition) is 3. The minimum Gasteiger partial charge on any atom is -0.368 e. The molecule has 1 amide bonds. The van der Waals surface area contributed by atoms with Gasteiger partial charge in [-0.05, 0) is 77.3 Å². The Morgan fingerprint density at radius 2 is 2.05 bits per heavy atom. The minimum absolute atomic E-state index is 0.116. The fourth-order valence-electron chi connectivity index (χ4n) is 4.15. The van der Waals surface area contributed by atoms with Gasteiger partial charge in [-0.2, -0.15) is 0 Å². The standard InChI is InChI=1S/C17H31N3O/c1-12(13-5-6-13)20(2)11-9-14-4-3-10-17(14,16(18)21)19-15-7-8-15/h12-15,19H,3-11H2,1-2H3,(H2,18,21). The Morgan fingerprint density at radius 3 is 2.62 bits per heavy atom. The van der Waals surface area contributed by atoms with Crippen molar-refractivity contribution in [1.82, 2.24) is 10.2 Å². The molecule has 0 saturated heterocycles. The Balaban J connectivity index is 1.58. The van der Waals surface area contributed by atoms with Crippen LogP contribution in [0.5, 0.6) is 0 Å². The molecule has 4 nitrogen and oxygen atoms in total. The molecule has 0 aromatic carbocycles. The van der Waals surface area contributed by atoms with E-state index in [9.17, 15) is 4.79 Å². The monoisotopic (exact) mass is 293 g/mol. The van der Waals surface area contributed by atoms with E-state index < -0.39 is 5.54 Å². The Morgan fingerprint density at radius 1 is 1.33 bits per heavy atom. The lowest BCUT2D eigenvalue weighted by molar-refractivity contribution is -0.126. The summed E-state index contributed by atoms with van der Waals surface area (Å²) in [5.74, 6) is 1.21. The molecule has 0 radical (unpaired) electrons. The highest BCUT2D eigenvalue weighted by Crippen LogP contribution is 2.41. The first-order chi connectivity index (χ1) is 10.0. The van der Waals surface area contributed by atoms with Gasteiger partial charge in [0.15, 0.2) is 0 Å². The van der Waals surface area contributed by atoms with Crippen LogP contribution in [0.15, 0.2) is 0 Å². The number of carbonyl (C=O) groups excluding carboxylic acids is 1. The second-order valence-electron chi connectivity index (χ2n) is 7.69. The summed E-state index contributed by atoms with van der Waals surface area (Å²) in [6.45, 7) is 3.43. The van der Waals surface area contributed by atoms with Gasteiger partial charge in [0.1, 0.15) is 5.54 Å². The number of carbonyl (C=O) groups is 1. The lowest BCUT2D eigenvalue weighted by Gasteiger charge is -2.35. The first kappa shape index (κ1) is 15.3. The van der Waals surface area contributed by atoms with Gasteiger partial charge in [0, 0.05) is 12.1 Å². The molecule has 4 heteroatoms. The van der Waals surface area contributed by atoms with Crippen molar-refractivity contribution in [3.63, 3.8) is 0 Å². The van der Waals surface area contributed by atoms with Crippen LogP contribution in [-0.4, -0.2) is 42.0 Å². The SMILES string of the molecule is CC(C1CC1)N(C)CCC1CCCC1(NC1CC1)C(N)=O. The largest absolute Gasteiger partial charge is 0.368 e. The lowest BCUT2D eigenvalue weighted by atomic mass is 9.83. The maximum absolute atomic E-state index is 12.1. The van der Waals surface area contributed by atoms with E-state index in [-0.39, 0.29) is 5.91 Å². The number of primary amides is 1. The summed E-state index contributed by atoms with van der Waals surface area (Å²) in [6, 6.07) is 1.23. The van der Waals surface area contributed by atoms with Crippen molar-refractivity contribution < 1.29 is 4.79 Å². The fourth-order valence-corrected chi connectivity index (χ4v) is 4.15. The third-order valence-corrected chi connectivity index (χ3v) is 6.13. The second kappa shape index (κ2) is 5.88. The molecule has 0 aliphatic heterocycles. The van der Waals surface area contributed by atoms with Gasteiger partial charge in [-0.3, -0.25) is 4.79 Å². The van der Waals surface area contributed by atoms with Crippen molar-refractivity contribution in [3.05, 3.63) is 0 Å². The Bertz CT molecular complexity index is 391. The predicted molar refractivity (Wildman–Crippen MR) is 84.9 cm³/mol. The molecule has 0 aromatic rings. The summed E-state index contributed by atoms with van der Waals surface area (Å²) in [6.07, 6.45) is 9.51. The van der Waals surface area contributed by atoms with Crippen LogP contribution in [0.25, 0.3) is 0 Å². The van der Waals surface area contributed by atoms with Crippen LogP contribution in [0.3, 0.4) is 0 Å². The summed E-state index contributed by atoms with van der Waals surface area (Å²) < 4.78 is 0. The van der Waals surface area contributed by atoms with Crippen LogP contribution in [-0.2, 0) is 4.79 Å². The van der Waals surface area contributed by atoms with Crippen molar-refractivity contribution in [2.45, 2.75) is 75.9 Å². The molecule has 3 unspecified atom stereocenters. The van der Waals surface area contributed by atoms with E-state index in [0.29, 0.717) is 18.0 Å². The number of amides is 1. The number of hydrogen-bond donors (Lipinski definition) is 2. The van der Waals surface area contributed by atoms with E-state index in [1.54, 1.807) is 0 Å². The normalized spacial score (nSPS) is 34.3. The number of nitrogens with zero attached hydrogens (tertiary/aromatic N) is 1. The van der Waals surface area contributed by atoms with Gasteiger partial charge in [-0.1, -0.05) is 6.42 Å². The predicted octanol–water partition coefficient (Wildman–Crippen LogP) is 1.88. The van der Waals surface area contributed by atoms with Crippen molar-refractivity contribution in [3.8, 4) is 0 Å². The van der Waals surface area contributed by atoms with Gasteiger partial charge >= 0.3 is 0 Å². The van der Waals surface area contributed by atoms with E-state index in [1.807, 2.05) is 0 Å². The van der Waals surface area contributed by atoms with Gasteiger partial charge in [0.25, 0.3) is 0 Å². The number of nitrogens with two attached hydrogens (primary N) is 1. The molecule has 3 aliphatic rings. The quantitative estimate of drug-likeness (QED) is 0.718. The van der Waals surface area contributed by atoms with Crippen molar-refractivity contribution >= 4 is 5.91 Å². The molecule has 0 spiro atoms.